The monoisotopic (exact) mass is 270 g/mol. The second-order valence-corrected chi connectivity index (χ2v) is 4.58. The number of rotatable bonds is 3. The fourth-order valence-electron chi connectivity index (χ4n) is 2.28. The Morgan fingerprint density at radius 2 is 2.05 bits per heavy atom. The van der Waals surface area contributed by atoms with Crippen molar-refractivity contribution >= 4 is 18.0 Å². The van der Waals surface area contributed by atoms with Gasteiger partial charge >= 0.3 is 5.97 Å². The molecule has 5 heteroatoms. The lowest BCUT2D eigenvalue weighted by Gasteiger charge is -2.20. The van der Waals surface area contributed by atoms with Gasteiger partial charge < -0.3 is 10.0 Å². The number of benzene rings is 1. The van der Waals surface area contributed by atoms with Crippen LogP contribution in [0.15, 0.2) is 35.9 Å². The lowest BCUT2D eigenvalue weighted by atomic mass is 10.1. The molecule has 1 heterocycles. The molecule has 0 spiro atoms. The molecular formula is C15H14N2O3. The van der Waals surface area contributed by atoms with Crippen LogP contribution in [-0.4, -0.2) is 34.5 Å². The van der Waals surface area contributed by atoms with Crippen LogP contribution in [0.4, 0.5) is 0 Å². The Kier molecular flexibility index (Phi) is 4.16. The van der Waals surface area contributed by atoms with Crippen LogP contribution in [0.1, 0.15) is 18.4 Å². The quantitative estimate of drug-likeness (QED) is 0.669. The molecule has 1 aliphatic heterocycles. The van der Waals surface area contributed by atoms with Crippen LogP contribution < -0.4 is 0 Å². The van der Waals surface area contributed by atoms with Gasteiger partial charge in [0, 0.05) is 6.54 Å². The summed E-state index contributed by atoms with van der Waals surface area (Å²) in [7, 11) is 0. The van der Waals surface area contributed by atoms with Crippen molar-refractivity contribution in [1.82, 2.24) is 4.90 Å². The second kappa shape index (κ2) is 6.02. The van der Waals surface area contributed by atoms with Gasteiger partial charge in [-0.3, -0.25) is 4.79 Å². The van der Waals surface area contributed by atoms with Gasteiger partial charge in [-0.15, -0.1) is 0 Å². The molecule has 1 amide bonds. The van der Waals surface area contributed by atoms with Crippen molar-refractivity contribution in [2.45, 2.75) is 18.9 Å². The van der Waals surface area contributed by atoms with Crippen LogP contribution in [0.2, 0.25) is 0 Å². The number of amides is 1. The number of carboxylic acids is 1. The molecule has 20 heavy (non-hydrogen) atoms. The highest BCUT2D eigenvalue weighted by molar-refractivity contribution is 6.03. The highest BCUT2D eigenvalue weighted by atomic mass is 16.4. The molecule has 1 N–H and O–H groups in total. The summed E-state index contributed by atoms with van der Waals surface area (Å²) in [5.74, 6) is -1.53. The molecule has 1 aromatic rings. The third-order valence-electron chi connectivity index (χ3n) is 3.26. The van der Waals surface area contributed by atoms with E-state index in [1.165, 1.54) is 11.0 Å². The van der Waals surface area contributed by atoms with Crippen molar-refractivity contribution in [1.29, 1.82) is 5.26 Å². The molecule has 102 valence electrons. The molecule has 1 aliphatic rings. The van der Waals surface area contributed by atoms with Crippen LogP contribution in [0.25, 0.3) is 6.08 Å². The van der Waals surface area contributed by atoms with Gasteiger partial charge in [-0.25, -0.2) is 4.79 Å². The minimum Gasteiger partial charge on any atom is -0.480 e. The SMILES string of the molecule is N#CC(=Cc1ccccc1)C(=O)N1CCCC1C(=O)O. The smallest absolute Gasteiger partial charge is 0.326 e. The number of carbonyl (C=O) groups excluding carboxylic acids is 1. The average Bonchev–Trinajstić information content (AvgIpc) is 2.94. The van der Waals surface area contributed by atoms with Crippen molar-refractivity contribution < 1.29 is 14.7 Å². The number of likely N-dealkylation sites (tertiary alicyclic amines) is 1. The predicted octanol–water partition coefficient (Wildman–Crippen LogP) is 1.67. The number of aliphatic carboxylic acids is 1. The van der Waals surface area contributed by atoms with Gasteiger partial charge in [0.05, 0.1) is 0 Å². The molecule has 1 atom stereocenters. The molecule has 1 aromatic carbocycles. The molecule has 1 fully saturated rings. The minimum atomic E-state index is -1.02. The number of hydrogen-bond acceptors (Lipinski definition) is 3. The van der Waals surface area contributed by atoms with Crippen LogP contribution >= 0.6 is 0 Å². The van der Waals surface area contributed by atoms with Crippen molar-refractivity contribution in [3.8, 4) is 6.07 Å². The van der Waals surface area contributed by atoms with Gasteiger partial charge in [0.2, 0.25) is 0 Å². The maximum absolute atomic E-state index is 12.3. The predicted molar refractivity (Wildman–Crippen MR) is 72.4 cm³/mol. The molecular weight excluding hydrogens is 256 g/mol. The zero-order valence-corrected chi connectivity index (χ0v) is 10.8. The van der Waals surface area contributed by atoms with Crippen LogP contribution in [-0.2, 0) is 9.59 Å². The number of nitriles is 1. The molecule has 0 saturated carbocycles. The zero-order valence-electron chi connectivity index (χ0n) is 10.8. The average molecular weight is 270 g/mol. The lowest BCUT2D eigenvalue weighted by Crippen LogP contribution is -2.40. The minimum absolute atomic E-state index is 0.0376. The van der Waals surface area contributed by atoms with Crippen molar-refractivity contribution in [3.05, 3.63) is 41.5 Å². The normalized spacial score (nSPS) is 18.6. The van der Waals surface area contributed by atoms with Crippen molar-refractivity contribution in [2.75, 3.05) is 6.54 Å². The van der Waals surface area contributed by atoms with Gasteiger partial charge in [-0.05, 0) is 24.5 Å². The highest BCUT2D eigenvalue weighted by Gasteiger charge is 2.35. The van der Waals surface area contributed by atoms with E-state index in [2.05, 4.69) is 0 Å². The number of nitrogens with zero attached hydrogens (tertiary/aromatic N) is 2. The molecule has 1 unspecified atom stereocenters. The van der Waals surface area contributed by atoms with E-state index in [-0.39, 0.29) is 5.57 Å². The van der Waals surface area contributed by atoms with E-state index in [0.29, 0.717) is 19.4 Å². The first-order valence-electron chi connectivity index (χ1n) is 6.34. The summed E-state index contributed by atoms with van der Waals surface area (Å²) in [6.45, 7) is 0.379. The Hall–Kier alpha value is -2.61. The Bertz CT molecular complexity index is 587. The van der Waals surface area contributed by atoms with E-state index in [9.17, 15) is 9.59 Å². The summed E-state index contributed by atoms with van der Waals surface area (Å²) in [6, 6.07) is 10.1. The Balaban J connectivity index is 2.24. The fourth-order valence-corrected chi connectivity index (χ4v) is 2.28. The van der Waals surface area contributed by atoms with Crippen LogP contribution in [0.5, 0.6) is 0 Å². The molecule has 0 radical (unpaired) electrons. The molecule has 5 nitrogen and oxygen atoms in total. The number of carboxylic acid groups (broad SMARTS) is 1. The standard InChI is InChI=1S/C15H14N2O3/c16-10-12(9-11-5-2-1-3-6-11)14(18)17-8-4-7-13(17)15(19)20/h1-3,5-6,9,13H,4,7-8H2,(H,19,20). The summed E-state index contributed by atoms with van der Waals surface area (Å²) < 4.78 is 0. The maximum atomic E-state index is 12.3. The summed E-state index contributed by atoms with van der Waals surface area (Å²) >= 11 is 0. The van der Waals surface area contributed by atoms with Gasteiger partial charge in [0.1, 0.15) is 17.7 Å². The van der Waals surface area contributed by atoms with Crippen molar-refractivity contribution in [2.24, 2.45) is 0 Å². The van der Waals surface area contributed by atoms with Gasteiger partial charge in [-0.1, -0.05) is 30.3 Å². The molecule has 0 bridgehead atoms. The lowest BCUT2D eigenvalue weighted by molar-refractivity contribution is -0.146. The molecule has 0 aliphatic carbocycles. The van der Waals surface area contributed by atoms with Crippen LogP contribution in [0.3, 0.4) is 0 Å². The second-order valence-electron chi connectivity index (χ2n) is 4.58. The van der Waals surface area contributed by atoms with Gasteiger partial charge in [0.15, 0.2) is 0 Å². The van der Waals surface area contributed by atoms with E-state index in [0.717, 1.165) is 5.56 Å². The van der Waals surface area contributed by atoms with Gasteiger partial charge in [-0.2, -0.15) is 5.26 Å². The first-order valence-corrected chi connectivity index (χ1v) is 6.34. The summed E-state index contributed by atoms with van der Waals surface area (Å²) in [5, 5.41) is 18.2. The first kappa shape index (κ1) is 13.8. The van der Waals surface area contributed by atoms with Crippen molar-refractivity contribution in [3.63, 3.8) is 0 Å². The summed E-state index contributed by atoms with van der Waals surface area (Å²) in [5.41, 5.74) is 0.702. The third-order valence-corrected chi connectivity index (χ3v) is 3.26. The van der Waals surface area contributed by atoms with E-state index in [4.69, 9.17) is 10.4 Å². The third kappa shape index (κ3) is 2.86. The zero-order chi connectivity index (χ0) is 14.5. The van der Waals surface area contributed by atoms with Crippen LogP contribution in [0, 0.1) is 11.3 Å². The highest BCUT2D eigenvalue weighted by Crippen LogP contribution is 2.20. The topological polar surface area (TPSA) is 81.4 Å². The maximum Gasteiger partial charge on any atom is 0.326 e. The molecule has 1 saturated heterocycles. The largest absolute Gasteiger partial charge is 0.480 e. The Morgan fingerprint density at radius 3 is 2.65 bits per heavy atom. The summed E-state index contributed by atoms with van der Waals surface area (Å²) in [6.07, 6.45) is 2.57. The Morgan fingerprint density at radius 1 is 1.35 bits per heavy atom. The number of carbonyl (C=O) groups is 2. The van der Waals surface area contributed by atoms with E-state index in [1.807, 2.05) is 12.1 Å². The molecule has 2 rings (SSSR count). The fraction of sp³-hybridized carbons (Fsp3) is 0.267. The van der Waals surface area contributed by atoms with E-state index >= 15 is 0 Å². The van der Waals surface area contributed by atoms with Gasteiger partial charge in [0.25, 0.3) is 5.91 Å². The number of hydrogen-bond donors (Lipinski definition) is 1. The first-order chi connectivity index (χ1) is 9.63. The Labute approximate surface area is 116 Å². The molecule has 0 aromatic heterocycles. The summed E-state index contributed by atoms with van der Waals surface area (Å²) in [4.78, 5) is 24.6. The van der Waals surface area contributed by atoms with E-state index < -0.39 is 17.9 Å². The van der Waals surface area contributed by atoms with E-state index in [1.54, 1.807) is 24.3 Å².